The number of hydrogen-bond acceptors (Lipinski definition) is 4. The smallest absolute Gasteiger partial charge is 0.408 e. The van der Waals surface area contributed by atoms with Crippen LogP contribution in [0.25, 0.3) is 0 Å². The average Bonchev–Trinajstić information content (AvgIpc) is 2.81. The summed E-state index contributed by atoms with van der Waals surface area (Å²) >= 11 is 0. The Bertz CT molecular complexity index is 1080. The van der Waals surface area contributed by atoms with Crippen LogP contribution in [0, 0.1) is 26.7 Å². The second-order valence-corrected chi connectivity index (χ2v) is 11.3. The van der Waals surface area contributed by atoms with Gasteiger partial charge in [0.2, 0.25) is 5.91 Å². The molecule has 3 amide bonds. The molecule has 2 atom stereocenters. The van der Waals surface area contributed by atoms with Gasteiger partial charge in [0.1, 0.15) is 17.7 Å². The van der Waals surface area contributed by atoms with Gasteiger partial charge in [-0.3, -0.25) is 9.59 Å². The van der Waals surface area contributed by atoms with Crippen LogP contribution in [0.3, 0.4) is 0 Å². The number of unbranched alkanes of at least 4 members (excludes halogenated alkanes) is 1. The van der Waals surface area contributed by atoms with Crippen LogP contribution in [0.1, 0.15) is 82.7 Å². The molecule has 0 aromatic heterocycles. The van der Waals surface area contributed by atoms with E-state index in [0.29, 0.717) is 18.5 Å². The van der Waals surface area contributed by atoms with Gasteiger partial charge in [0, 0.05) is 12.2 Å². The molecular formula is C31H45N3O4. The molecule has 2 aromatic rings. The van der Waals surface area contributed by atoms with Gasteiger partial charge >= 0.3 is 6.09 Å². The Kier molecular flexibility index (Phi) is 10.9. The van der Waals surface area contributed by atoms with E-state index >= 15 is 0 Å². The van der Waals surface area contributed by atoms with Gasteiger partial charge in [-0.2, -0.15) is 0 Å². The van der Waals surface area contributed by atoms with E-state index in [9.17, 15) is 14.4 Å². The Balaban J connectivity index is 2.54. The van der Waals surface area contributed by atoms with Crippen LogP contribution in [-0.2, 0) is 14.3 Å². The maximum Gasteiger partial charge on any atom is 0.408 e. The predicted octanol–water partition coefficient (Wildman–Crippen LogP) is 6.47. The average molecular weight is 524 g/mol. The van der Waals surface area contributed by atoms with Crippen LogP contribution in [0.4, 0.5) is 10.5 Å². The lowest BCUT2D eigenvalue weighted by molar-refractivity contribution is -0.141. The molecule has 2 unspecified atom stereocenters. The number of ether oxygens (including phenoxy) is 1. The predicted molar refractivity (Wildman–Crippen MR) is 153 cm³/mol. The summed E-state index contributed by atoms with van der Waals surface area (Å²) in [5.74, 6) is -0.837. The zero-order chi connectivity index (χ0) is 28.6. The summed E-state index contributed by atoms with van der Waals surface area (Å²) < 4.78 is 5.44. The maximum atomic E-state index is 14.1. The first-order valence-electron chi connectivity index (χ1n) is 13.5. The number of nitrogens with one attached hydrogen (secondary N) is 2. The van der Waals surface area contributed by atoms with Gasteiger partial charge < -0.3 is 20.3 Å². The van der Waals surface area contributed by atoms with Crippen LogP contribution in [-0.4, -0.2) is 41.0 Å². The maximum absolute atomic E-state index is 14.1. The fraction of sp³-hybridized carbons (Fsp3) is 0.516. The molecule has 0 bridgehead atoms. The van der Waals surface area contributed by atoms with Gasteiger partial charge in [0.05, 0.1) is 0 Å². The van der Waals surface area contributed by atoms with Crippen LogP contribution in [0.15, 0.2) is 42.5 Å². The summed E-state index contributed by atoms with van der Waals surface area (Å²) in [6, 6.07) is 11.8. The molecule has 208 valence electrons. The number of benzene rings is 2. The van der Waals surface area contributed by atoms with Crippen LogP contribution in [0.5, 0.6) is 0 Å². The van der Waals surface area contributed by atoms with Gasteiger partial charge in [-0.25, -0.2) is 4.79 Å². The highest BCUT2D eigenvalue weighted by molar-refractivity contribution is 6.00. The fourth-order valence-corrected chi connectivity index (χ4v) is 4.25. The third kappa shape index (κ3) is 8.61. The summed E-state index contributed by atoms with van der Waals surface area (Å²) in [7, 11) is 0. The number of hydrogen-bond donors (Lipinski definition) is 2. The van der Waals surface area contributed by atoms with Crippen molar-refractivity contribution in [1.82, 2.24) is 10.2 Å². The minimum atomic E-state index is -0.879. The number of aryl methyl sites for hydroxylation is 3. The van der Waals surface area contributed by atoms with Crippen molar-refractivity contribution >= 4 is 23.6 Å². The zero-order valence-electron chi connectivity index (χ0n) is 24.5. The van der Waals surface area contributed by atoms with Crippen molar-refractivity contribution in [2.75, 3.05) is 11.9 Å². The van der Waals surface area contributed by atoms with E-state index in [4.69, 9.17) is 4.74 Å². The fourth-order valence-electron chi connectivity index (χ4n) is 4.25. The Hall–Kier alpha value is -3.35. The number of amides is 3. The van der Waals surface area contributed by atoms with E-state index in [1.165, 1.54) is 0 Å². The van der Waals surface area contributed by atoms with Crippen molar-refractivity contribution in [2.24, 2.45) is 5.92 Å². The van der Waals surface area contributed by atoms with Crippen molar-refractivity contribution in [3.8, 4) is 0 Å². The number of carbonyl (C=O) groups is 3. The molecule has 0 aliphatic rings. The Labute approximate surface area is 228 Å². The first-order valence-corrected chi connectivity index (χ1v) is 13.5. The summed E-state index contributed by atoms with van der Waals surface area (Å²) in [5, 5.41) is 5.87. The van der Waals surface area contributed by atoms with Gasteiger partial charge in [-0.1, -0.05) is 75.2 Å². The van der Waals surface area contributed by atoms with Gasteiger partial charge in [0.15, 0.2) is 0 Å². The number of anilines is 1. The highest BCUT2D eigenvalue weighted by Crippen LogP contribution is 2.28. The summed E-state index contributed by atoms with van der Waals surface area (Å²) in [6.45, 7) is 17.4. The first kappa shape index (κ1) is 30.9. The third-order valence-electron chi connectivity index (χ3n) is 6.32. The molecule has 0 aliphatic heterocycles. The Morgan fingerprint density at radius 1 is 0.947 bits per heavy atom. The molecule has 0 saturated heterocycles. The monoisotopic (exact) mass is 523 g/mol. The molecule has 0 heterocycles. The number of nitrogens with zero attached hydrogens (tertiary/aromatic N) is 1. The molecule has 0 spiro atoms. The second kappa shape index (κ2) is 13.4. The standard InChI is InChI=1S/C31H45N3O4/c1-10-11-19-34(29(36)25(20(2)3)33-30(37)38-31(7,8)9)27(24-17-15-21(4)16-18-24)28(35)32-26-22(5)13-12-14-23(26)6/h12-18,20,25,27H,10-11,19H2,1-9H3,(H,32,35)(H,33,37). The largest absolute Gasteiger partial charge is 0.444 e. The lowest BCUT2D eigenvalue weighted by atomic mass is 9.97. The van der Waals surface area contributed by atoms with Crippen molar-refractivity contribution in [2.45, 2.75) is 92.8 Å². The molecule has 7 heteroatoms. The highest BCUT2D eigenvalue weighted by Gasteiger charge is 2.37. The molecule has 7 nitrogen and oxygen atoms in total. The van der Waals surface area contributed by atoms with Crippen LogP contribution >= 0.6 is 0 Å². The second-order valence-electron chi connectivity index (χ2n) is 11.3. The van der Waals surface area contributed by atoms with E-state index in [1.54, 1.807) is 25.7 Å². The molecule has 0 aliphatic carbocycles. The lowest BCUT2D eigenvalue weighted by Gasteiger charge is -2.36. The quantitative estimate of drug-likeness (QED) is 0.374. The van der Waals surface area contributed by atoms with Gasteiger partial charge in [0.25, 0.3) is 5.91 Å². The third-order valence-corrected chi connectivity index (χ3v) is 6.32. The first-order chi connectivity index (χ1) is 17.7. The van der Waals surface area contributed by atoms with Crippen molar-refractivity contribution in [3.63, 3.8) is 0 Å². The molecular weight excluding hydrogens is 478 g/mol. The van der Waals surface area contributed by atoms with Crippen LogP contribution < -0.4 is 10.6 Å². The summed E-state index contributed by atoms with van der Waals surface area (Å²) in [5.41, 5.74) is 3.69. The zero-order valence-corrected chi connectivity index (χ0v) is 24.5. The number of alkyl carbamates (subject to hydrolysis) is 1. The minimum Gasteiger partial charge on any atom is -0.444 e. The van der Waals surface area contributed by atoms with E-state index in [-0.39, 0.29) is 17.7 Å². The molecule has 0 fully saturated rings. The topological polar surface area (TPSA) is 87.7 Å². The number of para-hydroxylation sites is 1. The van der Waals surface area contributed by atoms with Crippen LogP contribution in [0.2, 0.25) is 0 Å². The molecule has 38 heavy (non-hydrogen) atoms. The minimum absolute atomic E-state index is 0.223. The van der Waals surface area contributed by atoms with E-state index < -0.39 is 23.8 Å². The molecule has 2 rings (SSSR count). The van der Waals surface area contributed by atoms with Crippen molar-refractivity contribution in [1.29, 1.82) is 0 Å². The van der Waals surface area contributed by atoms with E-state index in [1.807, 2.05) is 84.0 Å². The number of rotatable bonds is 10. The molecule has 2 aromatic carbocycles. The van der Waals surface area contributed by atoms with Gasteiger partial charge in [-0.05, 0) is 70.6 Å². The Morgan fingerprint density at radius 2 is 1.53 bits per heavy atom. The SMILES string of the molecule is CCCCN(C(=O)C(NC(=O)OC(C)(C)C)C(C)C)C(C(=O)Nc1c(C)cccc1C)c1ccc(C)cc1. The molecule has 2 N–H and O–H groups in total. The molecule has 0 saturated carbocycles. The van der Waals surface area contributed by atoms with E-state index in [2.05, 4.69) is 10.6 Å². The van der Waals surface area contributed by atoms with E-state index in [0.717, 1.165) is 28.8 Å². The lowest BCUT2D eigenvalue weighted by Crippen LogP contribution is -2.54. The molecule has 0 radical (unpaired) electrons. The summed E-state index contributed by atoms with van der Waals surface area (Å²) in [6.07, 6.45) is 0.892. The number of carbonyl (C=O) groups excluding carboxylic acids is 3. The van der Waals surface area contributed by atoms with Crippen molar-refractivity contribution < 1.29 is 19.1 Å². The van der Waals surface area contributed by atoms with Gasteiger partial charge in [-0.15, -0.1) is 0 Å². The Morgan fingerprint density at radius 3 is 2.03 bits per heavy atom. The highest BCUT2D eigenvalue weighted by atomic mass is 16.6. The normalized spacial score (nSPS) is 13.0. The van der Waals surface area contributed by atoms with Crippen molar-refractivity contribution in [3.05, 3.63) is 64.7 Å². The summed E-state index contributed by atoms with van der Waals surface area (Å²) in [4.78, 5) is 42.4.